The summed E-state index contributed by atoms with van der Waals surface area (Å²) in [4.78, 5) is 2.69. The second-order valence-corrected chi connectivity index (χ2v) is 7.27. The Kier molecular flexibility index (Phi) is 6.40. The maximum atomic E-state index is 14.2. The highest BCUT2D eigenvalue weighted by Gasteiger charge is 2.17. The minimum absolute atomic E-state index is 0.0193. The van der Waals surface area contributed by atoms with Crippen molar-refractivity contribution in [3.8, 4) is 0 Å². The molecule has 2 rings (SSSR count). The van der Waals surface area contributed by atoms with Gasteiger partial charge in [-0.1, -0.05) is 29.8 Å². The molecule has 1 heterocycles. The van der Waals surface area contributed by atoms with Crippen LogP contribution < -0.4 is 5.32 Å². The highest BCUT2D eigenvalue weighted by molar-refractivity contribution is 9.10. The summed E-state index contributed by atoms with van der Waals surface area (Å²) in [6, 6.07) is 9.53. The van der Waals surface area contributed by atoms with Crippen molar-refractivity contribution in [1.82, 2.24) is 5.32 Å². The summed E-state index contributed by atoms with van der Waals surface area (Å²) in [5.41, 5.74) is 0.740. The summed E-state index contributed by atoms with van der Waals surface area (Å²) in [6.45, 7) is 5.18. The Hall–Kier alpha value is -0.710. The van der Waals surface area contributed by atoms with Gasteiger partial charge in [-0.25, -0.2) is 4.39 Å². The zero-order valence-corrected chi connectivity index (χ0v) is 14.9. The first-order chi connectivity index (χ1) is 10.1. The zero-order chi connectivity index (χ0) is 15.2. The molecule has 114 valence electrons. The first-order valence-electron chi connectivity index (χ1n) is 7.40. The van der Waals surface area contributed by atoms with Crippen molar-refractivity contribution >= 4 is 27.3 Å². The molecule has 0 radical (unpaired) electrons. The summed E-state index contributed by atoms with van der Waals surface area (Å²) in [6.07, 6.45) is 2.93. The van der Waals surface area contributed by atoms with Gasteiger partial charge in [-0.15, -0.1) is 11.3 Å². The molecule has 0 amide bonds. The number of hydrogen-bond donors (Lipinski definition) is 1. The van der Waals surface area contributed by atoms with Crippen LogP contribution in [-0.4, -0.2) is 6.54 Å². The molecule has 0 spiro atoms. The van der Waals surface area contributed by atoms with Crippen molar-refractivity contribution in [2.45, 2.75) is 39.2 Å². The summed E-state index contributed by atoms with van der Waals surface area (Å²) >= 11 is 5.27. The van der Waals surface area contributed by atoms with Crippen LogP contribution in [0.15, 0.2) is 34.8 Å². The number of rotatable bonds is 7. The van der Waals surface area contributed by atoms with Crippen molar-refractivity contribution in [2.24, 2.45) is 0 Å². The topological polar surface area (TPSA) is 12.0 Å². The highest BCUT2D eigenvalue weighted by Crippen LogP contribution is 2.27. The van der Waals surface area contributed by atoms with Gasteiger partial charge in [0, 0.05) is 32.3 Å². The molecule has 0 saturated carbocycles. The van der Waals surface area contributed by atoms with E-state index in [0.29, 0.717) is 0 Å². The Morgan fingerprint density at radius 1 is 1.19 bits per heavy atom. The Bertz CT molecular complexity index is 582. The summed E-state index contributed by atoms with van der Waals surface area (Å²) in [5, 5.41) is 3.48. The molecular formula is C17H21BrFNS. The second-order valence-electron chi connectivity index (χ2n) is 5.10. The first kappa shape index (κ1) is 16.7. The van der Waals surface area contributed by atoms with Gasteiger partial charge in [0.25, 0.3) is 0 Å². The molecular weight excluding hydrogens is 349 g/mol. The first-order valence-corrected chi connectivity index (χ1v) is 9.00. The summed E-state index contributed by atoms with van der Waals surface area (Å²) < 4.78 is 15.1. The van der Waals surface area contributed by atoms with E-state index in [2.05, 4.69) is 47.2 Å². The molecule has 1 N–H and O–H groups in total. The molecule has 0 aliphatic carbocycles. The van der Waals surface area contributed by atoms with Gasteiger partial charge in [-0.2, -0.15) is 0 Å². The van der Waals surface area contributed by atoms with E-state index >= 15 is 0 Å². The van der Waals surface area contributed by atoms with Crippen LogP contribution in [0.3, 0.4) is 0 Å². The van der Waals surface area contributed by atoms with Gasteiger partial charge in [-0.3, -0.25) is 0 Å². The normalized spacial score (nSPS) is 12.6. The molecule has 0 saturated heterocycles. The monoisotopic (exact) mass is 369 g/mol. The van der Waals surface area contributed by atoms with E-state index < -0.39 is 0 Å². The second kappa shape index (κ2) is 8.06. The van der Waals surface area contributed by atoms with Crippen LogP contribution in [0.4, 0.5) is 4.39 Å². The van der Waals surface area contributed by atoms with E-state index in [1.54, 1.807) is 6.07 Å². The van der Waals surface area contributed by atoms with Crippen LogP contribution in [0.25, 0.3) is 0 Å². The van der Waals surface area contributed by atoms with Gasteiger partial charge in [0.05, 0.1) is 0 Å². The molecule has 1 unspecified atom stereocenters. The Labute approximate surface area is 138 Å². The molecule has 0 aliphatic heterocycles. The molecule has 2 aromatic rings. The third kappa shape index (κ3) is 4.63. The molecule has 1 aromatic heterocycles. The lowest BCUT2D eigenvalue weighted by atomic mass is 10.0. The Morgan fingerprint density at radius 3 is 2.62 bits per heavy atom. The van der Waals surface area contributed by atoms with Crippen molar-refractivity contribution in [3.05, 3.63) is 55.9 Å². The lowest BCUT2D eigenvalue weighted by Crippen LogP contribution is -2.24. The minimum Gasteiger partial charge on any atom is -0.310 e. The third-order valence-electron chi connectivity index (χ3n) is 3.45. The lowest BCUT2D eigenvalue weighted by molar-refractivity contribution is 0.499. The van der Waals surface area contributed by atoms with Crippen molar-refractivity contribution in [3.63, 3.8) is 0 Å². The van der Waals surface area contributed by atoms with Gasteiger partial charge >= 0.3 is 0 Å². The predicted octanol–water partition coefficient (Wildman–Crippen LogP) is 5.50. The number of halogens is 2. The maximum absolute atomic E-state index is 14.2. The van der Waals surface area contributed by atoms with E-state index in [9.17, 15) is 4.39 Å². The summed E-state index contributed by atoms with van der Waals surface area (Å²) in [5.74, 6) is -0.140. The predicted molar refractivity (Wildman–Crippen MR) is 92.5 cm³/mol. The molecule has 4 heteroatoms. The van der Waals surface area contributed by atoms with Crippen LogP contribution in [-0.2, 0) is 12.8 Å². The van der Waals surface area contributed by atoms with Gasteiger partial charge in [0.2, 0.25) is 0 Å². The molecule has 1 atom stereocenters. The highest BCUT2D eigenvalue weighted by atomic mass is 79.9. The molecule has 1 aromatic carbocycles. The number of benzene rings is 1. The number of thiophene rings is 1. The molecule has 1 nitrogen and oxygen atoms in total. The fourth-order valence-electron chi connectivity index (χ4n) is 2.32. The van der Waals surface area contributed by atoms with Crippen LogP contribution in [0.5, 0.6) is 0 Å². The van der Waals surface area contributed by atoms with E-state index in [4.69, 9.17) is 0 Å². The lowest BCUT2D eigenvalue weighted by Gasteiger charge is -2.19. The fourth-order valence-corrected chi connectivity index (χ4v) is 3.70. The standard InChI is InChI=1S/C17H21BrFNS/c1-3-9-20-17(11-14-7-6-13(4-2)21-14)15-10-12(18)5-8-16(15)19/h5-8,10,17,20H,3-4,9,11H2,1-2H3. The molecule has 0 bridgehead atoms. The van der Waals surface area contributed by atoms with Gasteiger partial charge in [0.15, 0.2) is 0 Å². The Balaban J connectivity index is 2.22. The SMILES string of the molecule is CCCNC(Cc1ccc(CC)s1)c1cc(Br)ccc1F. The quantitative estimate of drug-likeness (QED) is 0.679. The van der Waals surface area contributed by atoms with Crippen molar-refractivity contribution in [1.29, 1.82) is 0 Å². The average Bonchev–Trinajstić information content (AvgIpc) is 2.94. The van der Waals surface area contributed by atoms with Gasteiger partial charge in [0.1, 0.15) is 5.82 Å². The molecule has 21 heavy (non-hydrogen) atoms. The largest absolute Gasteiger partial charge is 0.310 e. The fraction of sp³-hybridized carbons (Fsp3) is 0.412. The van der Waals surface area contributed by atoms with E-state index in [0.717, 1.165) is 35.8 Å². The zero-order valence-electron chi connectivity index (χ0n) is 12.5. The van der Waals surface area contributed by atoms with Gasteiger partial charge < -0.3 is 5.32 Å². The number of aryl methyl sites for hydroxylation is 1. The number of nitrogens with one attached hydrogen (secondary N) is 1. The van der Waals surface area contributed by atoms with Gasteiger partial charge in [-0.05, 0) is 49.7 Å². The summed E-state index contributed by atoms with van der Waals surface area (Å²) in [7, 11) is 0. The van der Waals surface area contributed by atoms with Crippen LogP contribution >= 0.6 is 27.3 Å². The van der Waals surface area contributed by atoms with Crippen LogP contribution in [0, 0.1) is 5.82 Å². The smallest absolute Gasteiger partial charge is 0.128 e. The van der Waals surface area contributed by atoms with Crippen molar-refractivity contribution < 1.29 is 4.39 Å². The minimum atomic E-state index is -0.140. The van der Waals surface area contributed by atoms with E-state index in [1.807, 2.05) is 17.4 Å². The Morgan fingerprint density at radius 2 is 1.95 bits per heavy atom. The van der Waals surface area contributed by atoms with Crippen molar-refractivity contribution in [2.75, 3.05) is 6.54 Å². The van der Waals surface area contributed by atoms with Crippen LogP contribution in [0.1, 0.15) is 41.6 Å². The third-order valence-corrected chi connectivity index (χ3v) is 5.19. The maximum Gasteiger partial charge on any atom is 0.128 e. The van der Waals surface area contributed by atoms with E-state index in [-0.39, 0.29) is 11.9 Å². The van der Waals surface area contributed by atoms with Crippen LogP contribution in [0.2, 0.25) is 0 Å². The average molecular weight is 370 g/mol. The molecule has 0 fully saturated rings. The molecule has 0 aliphatic rings. The van der Waals surface area contributed by atoms with E-state index in [1.165, 1.54) is 15.8 Å². The number of hydrogen-bond acceptors (Lipinski definition) is 2.